The molecule has 0 aliphatic carbocycles. The molecule has 3 amide bonds. The predicted molar refractivity (Wildman–Crippen MR) is 120 cm³/mol. The number of benzene rings is 2. The van der Waals surface area contributed by atoms with Crippen molar-refractivity contribution in [1.82, 2.24) is 10.2 Å². The van der Waals surface area contributed by atoms with Gasteiger partial charge in [0.2, 0.25) is 5.91 Å². The van der Waals surface area contributed by atoms with Gasteiger partial charge in [0, 0.05) is 30.2 Å². The van der Waals surface area contributed by atoms with Crippen LogP contribution in [0.15, 0.2) is 64.4 Å². The molecule has 0 bridgehead atoms. The van der Waals surface area contributed by atoms with Gasteiger partial charge in [0.05, 0.1) is 12.0 Å². The van der Waals surface area contributed by atoms with Crippen LogP contribution in [0.1, 0.15) is 12.0 Å². The maximum Gasteiger partial charge on any atom is 0.293 e. The maximum absolute atomic E-state index is 12.5. The number of nitrogens with zero attached hydrogens (tertiary/aromatic N) is 1. The molecule has 3 rings (SSSR count). The van der Waals surface area contributed by atoms with Crippen molar-refractivity contribution in [1.29, 1.82) is 0 Å². The van der Waals surface area contributed by atoms with Crippen LogP contribution in [0.2, 0.25) is 0 Å². The van der Waals surface area contributed by atoms with E-state index in [4.69, 9.17) is 4.74 Å². The number of nitrogens with one attached hydrogen (secondary N) is 1. The molecule has 1 saturated heterocycles. The highest BCUT2D eigenvalue weighted by atomic mass is 32.2. The maximum atomic E-state index is 12.5. The van der Waals surface area contributed by atoms with Crippen LogP contribution in [-0.4, -0.2) is 47.9 Å². The summed E-state index contributed by atoms with van der Waals surface area (Å²) in [6, 6.07) is 17.0. The molecule has 2 aromatic carbocycles. The number of hydrogen-bond acceptors (Lipinski definition) is 6. The third-order valence-electron chi connectivity index (χ3n) is 4.29. The molecule has 156 valence electrons. The first-order chi connectivity index (χ1) is 14.6. The van der Waals surface area contributed by atoms with Crippen molar-refractivity contribution < 1.29 is 19.1 Å². The molecular weight excluding hydrogens is 420 g/mol. The molecule has 1 fully saturated rings. The van der Waals surface area contributed by atoms with Crippen molar-refractivity contribution in [3.05, 3.63) is 65.1 Å². The highest BCUT2D eigenvalue weighted by Crippen LogP contribution is 2.31. The summed E-state index contributed by atoms with van der Waals surface area (Å²) in [5.74, 6) is 1.00. The van der Waals surface area contributed by atoms with E-state index < -0.39 is 0 Å². The van der Waals surface area contributed by atoms with Gasteiger partial charge in [-0.3, -0.25) is 19.3 Å². The molecule has 1 heterocycles. The van der Waals surface area contributed by atoms with E-state index in [1.165, 1.54) is 4.90 Å². The topological polar surface area (TPSA) is 75.7 Å². The number of carbonyl (C=O) groups excluding carboxylic acids is 3. The van der Waals surface area contributed by atoms with Crippen molar-refractivity contribution in [2.45, 2.75) is 11.3 Å². The van der Waals surface area contributed by atoms with Crippen molar-refractivity contribution in [2.75, 3.05) is 26.0 Å². The van der Waals surface area contributed by atoms with Crippen LogP contribution in [0.3, 0.4) is 0 Å². The molecule has 8 heteroatoms. The van der Waals surface area contributed by atoms with E-state index in [-0.39, 0.29) is 30.1 Å². The van der Waals surface area contributed by atoms with Gasteiger partial charge in [-0.1, -0.05) is 30.3 Å². The average Bonchev–Trinajstić information content (AvgIpc) is 3.02. The second-order valence-electron chi connectivity index (χ2n) is 6.37. The van der Waals surface area contributed by atoms with Gasteiger partial charge >= 0.3 is 0 Å². The molecule has 0 unspecified atom stereocenters. The third-order valence-corrected chi connectivity index (χ3v) is 6.21. The van der Waals surface area contributed by atoms with Gasteiger partial charge < -0.3 is 10.1 Å². The molecule has 2 aromatic rings. The second-order valence-corrected chi connectivity index (χ2v) is 8.53. The molecule has 0 saturated carbocycles. The Bertz CT molecular complexity index is 930. The molecular formula is C22H22N2O4S2. The molecule has 1 N–H and O–H groups in total. The molecule has 1 aliphatic heterocycles. The van der Waals surface area contributed by atoms with Crippen LogP contribution in [0.5, 0.6) is 5.75 Å². The Morgan fingerprint density at radius 3 is 2.57 bits per heavy atom. The Hall–Kier alpha value is -2.71. The van der Waals surface area contributed by atoms with Crippen molar-refractivity contribution in [2.24, 2.45) is 0 Å². The minimum absolute atomic E-state index is 0.109. The Morgan fingerprint density at radius 1 is 1.13 bits per heavy atom. The van der Waals surface area contributed by atoms with Gasteiger partial charge in [0.1, 0.15) is 5.75 Å². The summed E-state index contributed by atoms with van der Waals surface area (Å²) in [5.41, 5.74) is 0.866. The van der Waals surface area contributed by atoms with Crippen LogP contribution in [0.25, 0.3) is 6.08 Å². The van der Waals surface area contributed by atoms with Crippen LogP contribution in [-0.2, 0) is 9.59 Å². The van der Waals surface area contributed by atoms with E-state index in [1.54, 1.807) is 24.9 Å². The van der Waals surface area contributed by atoms with Crippen LogP contribution < -0.4 is 10.1 Å². The summed E-state index contributed by atoms with van der Waals surface area (Å²) < 4.78 is 5.12. The monoisotopic (exact) mass is 442 g/mol. The van der Waals surface area contributed by atoms with E-state index in [1.807, 2.05) is 54.6 Å². The largest absolute Gasteiger partial charge is 0.497 e. The predicted octanol–water partition coefficient (Wildman–Crippen LogP) is 4.03. The van der Waals surface area contributed by atoms with Crippen LogP contribution in [0.4, 0.5) is 4.79 Å². The number of ether oxygens (including phenoxy) is 1. The zero-order chi connectivity index (χ0) is 21.3. The number of methoxy groups -OCH3 is 1. The lowest BCUT2D eigenvalue weighted by Crippen LogP contribution is -2.37. The smallest absolute Gasteiger partial charge is 0.293 e. The fourth-order valence-corrected chi connectivity index (χ4v) is 4.44. The van der Waals surface area contributed by atoms with E-state index >= 15 is 0 Å². The Morgan fingerprint density at radius 2 is 1.87 bits per heavy atom. The molecule has 0 atom stereocenters. The van der Waals surface area contributed by atoms with E-state index in [2.05, 4.69) is 5.32 Å². The van der Waals surface area contributed by atoms with E-state index in [9.17, 15) is 14.4 Å². The standard InChI is InChI=1S/C22H22N2O4S2/c1-28-17-7-9-18(10-8-17)29-14-11-20(25)23-12-13-24-21(26)19(30-22(24)27)15-16-5-3-2-4-6-16/h2-10,15H,11-14H2,1H3,(H,23,25)/b19-15-. The minimum Gasteiger partial charge on any atom is -0.497 e. The number of thioether (sulfide) groups is 2. The first kappa shape index (κ1) is 22.0. The highest BCUT2D eigenvalue weighted by Gasteiger charge is 2.34. The van der Waals surface area contributed by atoms with E-state index in [0.29, 0.717) is 17.1 Å². The average molecular weight is 443 g/mol. The van der Waals surface area contributed by atoms with Crippen molar-refractivity contribution in [3.8, 4) is 5.75 Å². The fourth-order valence-electron chi connectivity index (χ4n) is 2.72. The quantitative estimate of drug-likeness (QED) is 0.467. The molecule has 6 nitrogen and oxygen atoms in total. The molecule has 30 heavy (non-hydrogen) atoms. The molecule has 0 aromatic heterocycles. The number of carbonyl (C=O) groups is 3. The fraction of sp³-hybridized carbons (Fsp3) is 0.227. The Balaban J connectivity index is 1.39. The lowest BCUT2D eigenvalue weighted by Gasteiger charge is -2.13. The Kier molecular flexibility index (Phi) is 7.98. The van der Waals surface area contributed by atoms with Gasteiger partial charge in [-0.15, -0.1) is 11.8 Å². The summed E-state index contributed by atoms with van der Waals surface area (Å²) in [7, 11) is 1.62. The van der Waals surface area contributed by atoms with Gasteiger partial charge in [0.15, 0.2) is 0 Å². The number of rotatable bonds is 9. The summed E-state index contributed by atoms with van der Waals surface area (Å²) in [6.07, 6.45) is 2.06. The zero-order valence-corrected chi connectivity index (χ0v) is 18.1. The van der Waals surface area contributed by atoms with Crippen LogP contribution >= 0.6 is 23.5 Å². The highest BCUT2D eigenvalue weighted by molar-refractivity contribution is 8.18. The first-order valence-corrected chi connectivity index (χ1v) is 11.2. The van der Waals surface area contributed by atoms with Crippen molar-refractivity contribution in [3.63, 3.8) is 0 Å². The first-order valence-electron chi connectivity index (χ1n) is 9.41. The van der Waals surface area contributed by atoms with Gasteiger partial charge in [-0.05, 0) is 47.7 Å². The van der Waals surface area contributed by atoms with Crippen molar-refractivity contribution >= 4 is 46.7 Å². The number of hydrogen-bond donors (Lipinski definition) is 1. The SMILES string of the molecule is COc1ccc(SCCC(=O)NCCN2C(=O)S/C(=C\c3ccccc3)C2=O)cc1. The van der Waals surface area contributed by atoms with Gasteiger partial charge in [-0.25, -0.2) is 0 Å². The lowest BCUT2D eigenvalue weighted by molar-refractivity contribution is -0.124. The summed E-state index contributed by atoms with van der Waals surface area (Å²) in [6.45, 7) is 0.400. The summed E-state index contributed by atoms with van der Waals surface area (Å²) >= 11 is 2.51. The number of amides is 3. The summed E-state index contributed by atoms with van der Waals surface area (Å²) in [5, 5.41) is 2.46. The van der Waals surface area contributed by atoms with Gasteiger partial charge in [0.25, 0.3) is 11.1 Å². The summed E-state index contributed by atoms with van der Waals surface area (Å²) in [4.78, 5) is 39.3. The zero-order valence-electron chi connectivity index (χ0n) is 16.5. The van der Waals surface area contributed by atoms with E-state index in [0.717, 1.165) is 28.0 Å². The number of imide groups is 1. The minimum atomic E-state index is -0.321. The Labute approximate surface area is 184 Å². The molecule has 1 aliphatic rings. The second kappa shape index (κ2) is 10.9. The normalized spacial score (nSPS) is 15.0. The van der Waals surface area contributed by atoms with Crippen LogP contribution in [0, 0.1) is 0 Å². The lowest BCUT2D eigenvalue weighted by atomic mass is 10.2. The third kappa shape index (κ3) is 6.14. The molecule has 0 radical (unpaired) electrons. The molecule has 0 spiro atoms. The van der Waals surface area contributed by atoms with Gasteiger partial charge in [-0.2, -0.15) is 0 Å².